The number of ketones is 1. The van der Waals surface area contributed by atoms with Crippen molar-refractivity contribution in [3.8, 4) is 5.75 Å². The van der Waals surface area contributed by atoms with E-state index >= 15 is 0 Å². The van der Waals surface area contributed by atoms with E-state index in [2.05, 4.69) is 21.3 Å². The highest BCUT2D eigenvalue weighted by Gasteiger charge is 2.45. The number of Topliss-reactive ketones (excluding diaryl/α,β-unsaturated/α-hetero) is 1. The van der Waals surface area contributed by atoms with Crippen LogP contribution in [-0.4, -0.2) is 116 Å². The SMILES string of the molecule is CCC[C@H](NC(=O)[C@@H]1C[C@@H]2CN1C(=O)[C@H](C1CCCCC1)NC(=O)Cc1cccc(c1)OCCCCO2)C(=O)C(=O)NCC(=O)N[C@H](CN(C)C)c1ccccc1. The van der Waals surface area contributed by atoms with Crippen LogP contribution in [0.1, 0.15) is 88.3 Å². The van der Waals surface area contributed by atoms with E-state index in [-0.39, 0.29) is 49.6 Å². The number of nitrogens with one attached hydrogen (secondary N) is 4. The van der Waals surface area contributed by atoms with Gasteiger partial charge in [0.1, 0.15) is 17.8 Å². The first kappa shape index (κ1) is 43.3. The maximum absolute atomic E-state index is 14.6. The van der Waals surface area contributed by atoms with Crippen LogP contribution in [0.25, 0.3) is 0 Å². The number of hydrogen-bond acceptors (Lipinski definition) is 9. The summed E-state index contributed by atoms with van der Waals surface area (Å²) in [5, 5.41) is 11.2. The highest BCUT2D eigenvalue weighted by molar-refractivity contribution is 6.38. The van der Waals surface area contributed by atoms with Gasteiger partial charge in [0.25, 0.3) is 5.91 Å². The third-order valence-electron chi connectivity index (χ3n) is 10.9. The summed E-state index contributed by atoms with van der Waals surface area (Å²) in [7, 11) is 3.79. The lowest BCUT2D eigenvalue weighted by Gasteiger charge is -2.35. The molecule has 5 amide bonds. The molecule has 0 unspecified atom stereocenters. The summed E-state index contributed by atoms with van der Waals surface area (Å²) in [6.07, 6.45) is 6.37. The Labute approximate surface area is 336 Å². The van der Waals surface area contributed by atoms with Gasteiger partial charge in [-0.3, -0.25) is 28.8 Å². The Kier molecular flexibility index (Phi) is 16.4. The summed E-state index contributed by atoms with van der Waals surface area (Å²) in [5.74, 6) is -2.98. The van der Waals surface area contributed by atoms with Crippen molar-refractivity contribution >= 4 is 35.3 Å². The Morgan fingerprint density at radius 2 is 1.68 bits per heavy atom. The Bertz CT molecular complexity index is 1680. The second-order valence-electron chi connectivity index (χ2n) is 15.7. The molecule has 5 atom stereocenters. The number of hydrogen-bond donors (Lipinski definition) is 4. The lowest BCUT2D eigenvalue weighted by Crippen LogP contribution is -2.58. The lowest BCUT2D eigenvalue weighted by atomic mass is 9.83. The normalized spacial score (nSPS) is 22.0. The molecule has 2 heterocycles. The molecule has 2 aromatic rings. The molecule has 1 saturated carbocycles. The van der Waals surface area contributed by atoms with Crippen LogP contribution in [0.5, 0.6) is 5.75 Å². The highest BCUT2D eigenvalue weighted by atomic mass is 16.5. The van der Waals surface area contributed by atoms with E-state index in [1.807, 2.05) is 80.5 Å². The zero-order valence-electron chi connectivity index (χ0n) is 33.6. The van der Waals surface area contributed by atoms with Gasteiger partial charge in [-0.1, -0.05) is 75.1 Å². The second-order valence-corrected chi connectivity index (χ2v) is 15.7. The molecule has 0 aromatic heterocycles. The minimum atomic E-state index is -1.18. The Morgan fingerprint density at radius 3 is 2.42 bits per heavy atom. The number of fused-ring (bicyclic) bond motifs is 4. The summed E-state index contributed by atoms with van der Waals surface area (Å²) in [4.78, 5) is 85.4. The molecule has 2 aliphatic heterocycles. The van der Waals surface area contributed by atoms with Gasteiger partial charge in [0, 0.05) is 26.1 Å². The minimum Gasteiger partial charge on any atom is -0.494 e. The van der Waals surface area contributed by atoms with E-state index < -0.39 is 54.3 Å². The fourth-order valence-electron chi connectivity index (χ4n) is 8.00. The first-order chi connectivity index (χ1) is 27.5. The van der Waals surface area contributed by atoms with Crippen LogP contribution in [-0.2, 0) is 39.9 Å². The fourth-order valence-corrected chi connectivity index (χ4v) is 8.00. The molecule has 4 N–H and O–H groups in total. The molecule has 1 saturated heterocycles. The van der Waals surface area contributed by atoms with Crippen LogP contribution >= 0.6 is 0 Å². The average Bonchev–Trinajstić information content (AvgIpc) is 3.64. The number of amides is 5. The highest BCUT2D eigenvalue weighted by Crippen LogP contribution is 2.30. The molecular formula is C43H60N6O8. The second kappa shape index (κ2) is 21.6. The minimum absolute atomic E-state index is 0.0670. The van der Waals surface area contributed by atoms with Crippen molar-refractivity contribution in [2.24, 2.45) is 5.92 Å². The first-order valence-corrected chi connectivity index (χ1v) is 20.6. The zero-order valence-corrected chi connectivity index (χ0v) is 33.6. The van der Waals surface area contributed by atoms with Crippen molar-refractivity contribution in [1.29, 1.82) is 0 Å². The first-order valence-electron chi connectivity index (χ1n) is 20.6. The Morgan fingerprint density at radius 1 is 0.930 bits per heavy atom. The van der Waals surface area contributed by atoms with E-state index in [1.165, 1.54) is 4.90 Å². The molecule has 14 nitrogen and oxygen atoms in total. The number of likely N-dealkylation sites (N-methyl/N-ethyl adjacent to an activating group) is 1. The molecule has 2 fully saturated rings. The number of nitrogens with zero attached hydrogens (tertiary/aromatic N) is 2. The van der Waals surface area contributed by atoms with Gasteiger partial charge >= 0.3 is 0 Å². The van der Waals surface area contributed by atoms with Gasteiger partial charge in [-0.25, -0.2) is 0 Å². The van der Waals surface area contributed by atoms with Crippen molar-refractivity contribution in [1.82, 2.24) is 31.1 Å². The molecule has 5 rings (SSSR count). The van der Waals surface area contributed by atoms with E-state index in [0.29, 0.717) is 38.3 Å². The predicted octanol–water partition coefficient (Wildman–Crippen LogP) is 2.84. The molecule has 0 radical (unpaired) electrons. The molecule has 0 spiro atoms. The third-order valence-corrected chi connectivity index (χ3v) is 10.9. The van der Waals surface area contributed by atoms with Gasteiger partial charge in [-0.15, -0.1) is 0 Å². The van der Waals surface area contributed by atoms with Gasteiger partial charge in [0.2, 0.25) is 29.4 Å². The number of rotatable bonds is 13. The van der Waals surface area contributed by atoms with Crippen molar-refractivity contribution < 1.29 is 38.2 Å². The summed E-state index contributed by atoms with van der Waals surface area (Å²) >= 11 is 0. The van der Waals surface area contributed by atoms with Gasteiger partial charge in [0.05, 0.1) is 37.8 Å². The summed E-state index contributed by atoms with van der Waals surface area (Å²) in [6.45, 7) is 2.95. The van der Waals surface area contributed by atoms with Crippen molar-refractivity contribution in [3.05, 3.63) is 65.7 Å². The molecule has 2 aromatic carbocycles. The third kappa shape index (κ3) is 12.8. The van der Waals surface area contributed by atoms with E-state index in [4.69, 9.17) is 9.47 Å². The smallest absolute Gasteiger partial charge is 0.290 e. The van der Waals surface area contributed by atoms with Gasteiger partial charge in [-0.2, -0.15) is 0 Å². The molecular weight excluding hydrogens is 729 g/mol. The monoisotopic (exact) mass is 788 g/mol. The number of benzene rings is 2. The molecule has 4 bridgehead atoms. The van der Waals surface area contributed by atoms with Crippen LogP contribution in [0.3, 0.4) is 0 Å². The van der Waals surface area contributed by atoms with Gasteiger partial charge in [0.15, 0.2) is 0 Å². The summed E-state index contributed by atoms with van der Waals surface area (Å²) < 4.78 is 12.1. The van der Waals surface area contributed by atoms with Crippen molar-refractivity contribution in [2.45, 2.75) is 108 Å². The maximum atomic E-state index is 14.6. The zero-order chi connectivity index (χ0) is 40.7. The molecule has 14 heteroatoms. The Hall–Kier alpha value is -4.82. The van der Waals surface area contributed by atoms with Crippen LogP contribution in [0.15, 0.2) is 54.6 Å². The van der Waals surface area contributed by atoms with Crippen LogP contribution in [0.4, 0.5) is 0 Å². The van der Waals surface area contributed by atoms with E-state index in [9.17, 15) is 28.8 Å². The van der Waals surface area contributed by atoms with Gasteiger partial charge in [-0.05, 0) is 75.4 Å². The van der Waals surface area contributed by atoms with E-state index in [1.54, 1.807) is 0 Å². The molecule has 57 heavy (non-hydrogen) atoms. The number of carbonyl (C=O) groups is 6. The number of carbonyl (C=O) groups excluding carboxylic acids is 6. The molecule has 3 aliphatic rings. The van der Waals surface area contributed by atoms with Crippen LogP contribution < -0.4 is 26.0 Å². The van der Waals surface area contributed by atoms with Crippen LogP contribution in [0.2, 0.25) is 0 Å². The lowest BCUT2D eigenvalue weighted by molar-refractivity contribution is -0.144. The Balaban J connectivity index is 1.28. The number of ether oxygens (including phenoxy) is 2. The van der Waals surface area contributed by atoms with Crippen molar-refractivity contribution in [2.75, 3.05) is 46.9 Å². The van der Waals surface area contributed by atoms with E-state index in [0.717, 1.165) is 49.7 Å². The van der Waals surface area contributed by atoms with Gasteiger partial charge < -0.3 is 40.5 Å². The topological polar surface area (TPSA) is 175 Å². The summed E-state index contributed by atoms with van der Waals surface area (Å²) in [6, 6.07) is 13.5. The molecule has 310 valence electrons. The quantitative estimate of drug-likeness (QED) is 0.223. The maximum Gasteiger partial charge on any atom is 0.290 e. The standard InChI is InChI=1S/C43H60N6O8/c1-4-14-34(40(52)42(54)44-26-38(51)45-35(28-48(2)3)30-16-7-5-8-17-30)46-41(53)36-25-33-27-49(36)43(55)39(31-18-9-6-10-19-31)47-37(50)24-29-15-13-20-32(23-29)56-21-11-12-22-57-33/h5,7-8,13,15-17,20,23,31,33-36,39H,4,6,9-12,14,18-19,21-22,24-28H2,1-3H3,(H,44,54)(H,45,51)(H,46,53)(H,47,50)/t33-,34+,35-,36+,39+/m1/s1. The van der Waals surface area contributed by atoms with Crippen LogP contribution in [0, 0.1) is 5.92 Å². The fraction of sp³-hybridized carbons (Fsp3) is 0.581. The predicted molar refractivity (Wildman–Crippen MR) is 214 cm³/mol. The largest absolute Gasteiger partial charge is 0.494 e. The average molecular weight is 789 g/mol. The molecule has 1 aliphatic carbocycles. The summed E-state index contributed by atoms with van der Waals surface area (Å²) in [5.41, 5.74) is 1.67. The van der Waals surface area contributed by atoms with Crippen molar-refractivity contribution in [3.63, 3.8) is 0 Å².